The highest BCUT2D eigenvalue weighted by Crippen LogP contribution is 2.23. The Morgan fingerprint density at radius 1 is 1.12 bits per heavy atom. The lowest BCUT2D eigenvalue weighted by molar-refractivity contribution is 1.03. The first-order valence-electron chi connectivity index (χ1n) is 4.95. The van der Waals surface area contributed by atoms with Gasteiger partial charge in [-0.1, -0.05) is 18.2 Å². The third-order valence-corrected chi connectivity index (χ3v) is 2.94. The summed E-state index contributed by atoms with van der Waals surface area (Å²) < 4.78 is 1.04. The maximum absolute atomic E-state index is 4.30. The summed E-state index contributed by atoms with van der Waals surface area (Å²) in [6.07, 6.45) is 3.63. The Balaban J connectivity index is 2.35. The Morgan fingerprint density at radius 2 is 1.75 bits per heavy atom. The molecule has 0 bridgehead atoms. The Morgan fingerprint density at radius 3 is 2.38 bits per heavy atom. The molecule has 3 nitrogen and oxygen atoms in total. The standard InChI is InChI=1S/C12H12IN3/c1-9-5-3-4-6-11(9)16(2)12-14-7-10(13)8-15-12/h3-8H,1-2H3. The molecule has 0 aliphatic rings. The molecule has 0 radical (unpaired) electrons. The van der Waals surface area contributed by atoms with Crippen LogP contribution in [0.4, 0.5) is 11.6 Å². The predicted molar refractivity (Wildman–Crippen MR) is 74.0 cm³/mol. The first-order valence-corrected chi connectivity index (χ1v) is 6.03. The van der Waals surface area contributed by atoms with Gasteiger partial charge in [0.15, 0.2) is 0 Å². The summed E-state index contributed by atoms with van der Waals surface area (Å²) in [6, 6.07) is 8.20. The van der Waals surface area contributed by atoms with Gasteiger partial charge in [-0.15, -0.1) is 0 Å². The molecule has 16 heavy (non-hydrogen) atoms. The molecule has 0 amide bonds. The number of benzene rings is 1. The summed E-state index contributed by atoms with van der Waals surface area (Å²) in [5, 5.41) is 0. The third-order valence-electron chi connectivity index (χ3n) is 2.38. The molecule has 0 saturated carbocycles. The van der Waals surface area contributed by atoms with E-state index in [0.29, 0.717) is 0 Å². The number of hydrogen-bond donors (Lipinski definition) is 0. The zero-order valence-electron chi connectivity index (χ0n) is 9.18. The van der Waals surface area contributed by atoms with E-state index in [2.05, 4.69) is 51.6 Å². The molecule has 0 aliphatic heterocycles. The van der Waals surface area contributed by atoms with Gasteiger partial charge in [0, 0.05) is 28.7 Å². The van der Waals surface area contributed by atoms with Crippen molar-refractivity contribution in [3.05, 3.63) is 45.8 Å². The van der Waals surface area contributed by atoms with Gasteiger partial charge < -0.3 is 4.90 Å². The van der Waals surface area contributed by atoms with E-state index in [1.807, 2.05) is 36.5 Å². The van der Waals surface area contributed by atoms with Crippen LogP contribution >= 0.6 is 22.6 Å². The Labute approximate surface area is 109 Å². The van der Waals surface area contributed by atoms with Crippen LogP contribution in [0.25, 0.3) is 0 Å². The van der Waals surface area contributed by atoms with Crippen LogP contribution in [0.2, 0.25) is 0 Å². The number of halogens is 1. The smallest absolute Gasteiger partial charge is 0.229 e. The van der Waals surface area contributed by atoms with Crippen LogP contribution in [0, 0.1) is 10.5 Å². The second-order valence-corrected chi connectivity index (χ2v) is 4.79. The normalized spacial score (nSPS) is 10.2. The first kappa shape index (κ1) is 11.3. The fraction of sp³-hybridized carbons (Fsp3) is 0.167. The lowest BCUT2D eigenvalue weighted by Gasteiger charge is -2.18. The Bertz CT molecular complexity index is 482. The molecular formula is C12H12IN3. The molecular weight excluding hydrogens is 313 g/mol. The van der Waals surface area contributed by atoms with Crippen LogP contribution < -0.4 is 4.90 Å². The SMILES string of the molecule is Cc1ccccc1N(C)c1ncc(I)cn1. The van der Waals surface area contributed by atoms with Gasteiger partial charge in [-0.3, -0.25) is 0 Å². The largest absolute Gasteiger partial charge is 0.313 e. The average molecular weight is 325 g/mol. The molecule has 0 aliphatic carbocycles. The van der Waals surface area contributed by atoms with Gasteiger partial charge >= 0.3 is 0 Å². The summed E-state index contributed by atoms with van der Waals surface area (Å²) in [4.78, 5) is 10.6. The van der Waals surface area contributed by atoms with Crippen LogP contribution in [0.15, 0.2) is 36.7 Å². The highest BCUT2D eigenvalue weighted by atomic mass is 127. The summed E-state index contributed by atoms with van der Waals surface area (Å²) in [5.74, 6) is 0.717. The Hall–Kier alpha value is -1.17. The fourth-order valence-electron chi connectivity index (χ4n) is 1.53. The number of hydrogen-bond acceptors (Lipinski definition) is 3. The van der Waals surface area contributed by atoms with E-state index < -0.39 is 0 Å². The minimum atomic E-state index is 0.717. The molecule has 2 aromatic rings. The first-order chi connectivity index (χ1) is 7.68. The van der Waals surface area contributed by atoms with Gasteiger partial charge in [-0.2, -0.15) is 0 Å². The van der Waals surface area contributed by atoms with E-state index in [-0.39, 0.29) is 0 Å². The quantitative estimate of drug-likeness (QED) is 0.794. The summed E-state index contributed by atoms with van der Waals surface area (Å²) in [7, 11) is 1.98. The molecule has 1 aromatic carbocycles. The van der Waals surface area contributed by atoms with E-state index in [1.165, 1.54) is 5.56 Å². The number of aryl methyl sites for hydroxylation is 1. The zero-order valence-corrected chi connectivity index (χ0v) is 11.3. The van der Waals surface area contributed by atoms with Crippen molar-refractivity contribution in [1.82, 2.24) is 9.97 Å². The van der Waals surface area contributed by atoms with Gasteiger partial charge in [-0.05, 0) is 41.1 Å². The summed E-state index contributed by atoms with van der Waals surface area (Å²) >= 11 is 2.20. The van der Waals surface area contributed by atoms with Crippen molar-refractivity contribution >= 4 is 34.2 Å². The topological polar surface area (TPSA) is 29.0 Å². The van der Waals surface area contributed by atoms with E-state index in [0.717, 1.165) is 15.2 Å². The van der Waals surface area contributed by atoms with E-state index in [4.69, 9.17) is 0 Å². The molecule has 0 atom stereocenters. The van der Waals surface area contributed by atoms with Gasteiger partial charge in [0.2, 0.25) is 5.95 Å². The van der Waals surface area contributed by atoms with Crippen molar-refractivity contribution in [3.8, 4) is 0 Å². The third kappa shape index (κ3) is 2.32. The predicted octanol–water partition coefficient (Wildman–Crippen LogP) is 3.16. The number of rotatable bonds is 2. The lowest BCUT2D eigenvalue weighted by Crippen LogP contribution is -2.13. The molecule has 0 spiro atoms. The van der Waals surface area contributed by atoms with Crippen molar-refractivity contribution < 1.29 is 0 Å². The molecule has 0 N–H and O–H groups in total. The summed E-state index contributed by atoms with van der Waals surface area (Å²) in [5.41, 5.74) is 2.34. The van der Waals surface area contributed by atoms with Crippen molar-refractivity contribution in [2.45, 2.75) is 6.92 Å². The van der Waals surface area contributed by atoms with E-state index >= 15 is 0 Å². The minimum absolute atomic E-state index is 0.717. The second kappa shape index (κ2) is 4.78. The van der Waals surface area contributed by atoms with Crippen molar-refractivity contribution in [3.63, 3.8) is 0 Å². The molecule has 4 heteroatoms. The van der Waals surface area contributed by atoms with Gasteiger partial charge in [0.1, 0.15) is 0 Å². The van der Waals surface area contributed by atoms with E-state index in [1.54, 1.807) is 0 Å². The van der Waals surface area contributed by atoms with Crippen LogP contribution in [-0.2, 0) is 0 Å². The number of anilines is 2. The minimum Gasteiger partial charge on any atom is -0.313 e. The van der Waals surface area contributed by atoms with Crippen molar-refractivity contribution in [1.29, 1.82) is 0 Å². The lowest BCUT2D eigenvalue weighted by atomic mass is 10.2. The molecule has 1 heterocycles. The van der Waals surface area contributed by atoms with Gasteiger partial charge in [0.05, 0.1) is 0 Å². The summed E-state index contributed by atoms with van der Waals surface area (Å²) in [6.45, 7) is 2.08. The monoisotopic (exact) mass is 325 g/mol. The highest BCUT2D eigenvalue weighted by molar-refractivity contribution is 14.1. The number of aromatic nitrogens is 2. The number of para-hydroxylation sites is 1. The highest BCUT2D eigenvalue weighted by Gasteiger charge is 2.08. The maximum Gasteiger partial charge on any atom is 0.229 e. The van der Waals surface area contributed by atoms with E-state index in [9.17, 15) is 0 Å². The van der Waals surface area contributed by atoms with Crippen LogP contribution in [0.3, 0.4) is 0 Å². The van der Waals surface area contributed by atoms with Gasteiger partial charge in [0.25, 0.3) is 0 Å². The molecule has 0 unspecified atom stereocenters. The van der Waals surface area contributed by atoms with Gasteiger partial charge in [-0.25, -0.2) is 9.97 Å². The molecule has 2 rings (SSSR count). The molecule has 82 valence electrons. The molecule has 1 aromatic heterocycles. The molecule has 0 fully saturated rings. The van der Waals surface area contributed by atoms with Crippen molar-refractivity contribution in [2.24, 2.45) is 0 Å². The van der Waals surface area contributed by atoms with Crippen LogP contribution in [-0.4, -0.2) is 17.0 Å². The molecule has 0 saturated heterocycles. The van der Waals surface area contributed by atoms with Crippen molar-refractivity contribution in [2.75, 3.05) is 11.9 Å². The number of nitrogens with zero attached hydrogens (tertiary/aromatic N) is 3. The maximum atomic E-state index is 4.30. The second-order valence-electron chi connectivity index (χ2n) is 3.55. The van der Waals surface area contributed by atoms with Crippen LogP contribution in [0.1, 0.15) is 5.56 Å². The Kier molecular flexibility index (Phi) is 3.38. The average Bonchev–Trinajstić information content (AvgIpc) is 2.30. The zero-order chi connectivity index (χ0) is 11.5. The fourth-order valence-corrected chi connectivity index (χ4v) is 1.80. The van der Waals surface area contributed by atoms with Crippen LogP contribution in [0.5, 0.6) is 0 Å².